The Hall–Kier alpha value is -2.76. The van der Waals surface area contributed by atoms with Crippen LogP contribution in [0.4, 0.5) is 4.39 Å². The van der Waals surface area contributed by atoms with Crippen molar-refractivity contribution in [1.29, 1.82) is 0 Å². The molecule has 5 heteroatoms. The zero-order valence-electron chi connectivity index (χ0n) is 17.6. The van der Waals surface area contributed by atoms with E-state index < -0.39 is 0 Å². The Kier molecular flexibility index (Phi) is 5.96. The molecular weight excluding hydrogens is 391 g/mol. The summed E-state index contributed by atoms with van der Waals surface area (Å²) in [7, 11) is 0. The van der Waals surface area contributed by atoms with Gasteiger partial charge in [0.25, 0.3) is 0 Å². The van der Waals surface area contributed by atoms with E-state index in [1.54, 1.807) is 6.07 Å². The zero-order valence-corrected chi connectivity index (χ0v) is 17.6. The molecule has 0 aliphatic carbocycles. The van der Waals surface area contributed by atoms with Gasteiger partial charge in [-0.2, -0.15) is 0 Å². The van der Waals surface area contributed by atoms with Crippen LogP contribution in [0.15, 0.2) is 65.2 Å². The third-order valence-corrected chi connectivity index (χ3v) is 6.33. The highest BCUT2D eigenvalue weighted by Crippen LogP contribution is 2.32. The second-order valence-electron chi connectivity index (χ2n) is 8.37. The Morgan fingerprint density at radius 2 is 1.81 bits per heavy atom. The van der Waals surface area contributed by atoms with Gasteiger partial charge in [-0.3, -0.25) is 0 Å². The Bertz CT molecular complexity index is 1160. The van der Waals surface area contributed by atoms with Gasteiger partial charge in [0.05, 0.1) is 18.9 Å². The van der Waals surface area contributed by atoms with Crippen molar-refractivity contribution < 1.29 is 13.7 Å². The molecule has 0 N–H and O–H groups in total. The maximum atomic E-state index is 13.6. The van der Waals surface area contributed by atoms with E-state index in [1.807, 2.05) is 0 Å². The van der Waals surface area contributed by atoms with Gasteiger partial charge in [0.1, 0.15) is 5.82 Å². The normalized spacial score (nSPS) is 15.8. The summed E-state index contributed by atoms with van der Waals surface area (Å²) in [6.07, 6.45) is 2.95. The number of rotatable bonds is 7. The number of benzene rings is 3. The van der Waals surface area contributed by atoms with Crippen LogP contribution >= 0.6 is 0 Å². The second-order valence-corrected chi connectivity index (χ2v) is 8.37. The Balaban J connectivity index is 1.05. The van der Waals surface area contributed by atoms with E-state index in [-0.39, 0.29) is 5.82 Å². The van der Waals surface area contributed by atoms with Crippen molar-refractivity contribution in [1.82, 2.24) is 10.1 Å². The molecule has 31 heavy (non-hydrogen) atoms. The van der Waals surface area contributed by atoms with Crippen molar-refractivity contribution in [3.05, 3.63) is 77.7 Å². The van der Waals surface area contributed by atoms with E-state index in [1.165, 1.54) is 28.5 Å². The Morgan fingerprint density at radius 3 is 2.68 bits per heavy atom. The molecule has 1 aliphatic heterocycles. The smallest absolute Gasteiger partial charge is 0.167 e. The lowest BCUT2D eigenvalue weighted by molar-refractivity contribution is 0.0953. The molecule has 0 amide bonds. The van der Waals surface area contributed by atoms with E-state index in [9.17, 15) is 4.39 Å². The summed E-state index contributed by atoms with van der Waals surface area (Å²) in [5.41, 5.74) is 2.88. The molecule has 1 saturated heterocycles. The fourth-order valence-electron chi connectivity index (χ4n) is 4.53. The first kappa shape index (κ1) is 20.2. The van der Waals surface area contributed by atoms with Crippen LogP contribution in [0.1, 0.15) is 30.0 Å². The number of likely N-dealkylation sites (tertiary alicyclic amines) is 1. The number of aromatic nitrogens is 1. The first-order valence-corrected chi connectivity index (χ1v) is 11.1. The molecule has 0 radical (unpaired) electrons. The number of nitrogens with zero attached hydrogens (tertiary/aromatic N) is 2. The third kappa shape index (κ3) is 4.63. The van der Waals surface area contributed by atoms with Gasteiger partial charge in [-0.1, -0.05) is 47.6 Å². The van der Waals surface area contributed by atoms with Crippen LogP contribution in [0, 0.1) is 5.82 Å². The van der Waals surface area contributed by atoms with Gasteiger partial charge in [0.15, 0.2) is 5.58 Å². The summed E-state index contributed by atoms with van der Waals surface area (Å²) < 4.78 is 24.9. The lowest BCUT2D eigenvalue weighted by atomic mass is 9.91. The van der Waals surface area contributed by atoms with E-state index in [2.05, 4.69) is 52.5 Å². The van der Waals surface area contributed by atoms with Crippen molar-refractivity contribution in [2.24, 2.45) is 0 Å². The lowest BCUT2D eigenvalue weighted by Gasteiger charge is -2.31. The predicted octanol–water partition coefficient (Wildman–Crippen LogP) is 5.56. The molecule has 0 unspecified atom stereocenters. The molecule has 0 bridgehead atoms. The number of fused-ring (bicyclic) bond motifs is 2. The van der Waals surface area contributed by atoms with Crippen LogP contribution in [0.2, 0.25) is 0 Å². The van der Waals surface area contributed by atoms with Crippen molar-refractivity contribution in [3.63, 3.8) is 0 Å². The van der Waals surface area contributed by atoms with Crippen LogP contribution < -0.4 is 0 Å². The third-order valence-electron chi connectivity index (χ3n) is 6.33. The molecule has 1 fully saturated rings. The first-order chi connectivity index (χ1) is 15.3. The highest BCUT2D eigenvalue weighted by molar-refractivity contribution is 5.83. The molecule has 0 spiro atoms. The summed E-state index contributed by atoms with van der Waals surface area (Å²) in [4.78, 5) is 2.44. The average molecular weight is 419 g/mol. The number of piperidine rings is 1. The molecule has 1 aromatic heterocycles. The highest BCUT2D eigenvalue weighted by Gasteiger charge is 2.25. The van der Waals surface area contributed by atoms with Crippen LogP contribution in [0.3, 0.4) is 0 Å². The van der Waals surface area contributed by atoms with Gasteiger partial charge in [0.2, 0.25) is 0 Å². The second kappa shape index (κ2) is 9.16. The SMILES string of the molecule is Fc1ccc2onc(C3CCN(CCOCCc4ccc5ccccc5c4)CC3)c2c1. The quantitative estimate of drug-likeness (QED) is 0.368. The van der Waals surface area contributed by atoms with Crippen LogP contribution in [-0.4, -0.2) is 42.9 Å². The molecular formula is C26H27FN2O2. The molecule has 3 aromatic carbocycles. The molecule has 160 valence electrons. The number of ether oxygens (including phenoxy) is 1. The largest absolute Gasteiger partial charge is 0.380 e. The number of halogens is 1. The van der Waals surface area contributed by atoms with Gasteiger partial charge in [0, 0.05) is 17.8 Å². The standard InChI is InChI=1S/C26H27FN2O2/c27-23-7-8-25-24(18-23)26(28-31-25)21-9-12-29(13-10-21)14-16-30-15-11-19-5-6-20-3-1-2-4-22(20)17-19/h1-8,17-18,21H,9-16H2. The molecule has 0 atom stereocenters. The minimum atomic E-state index is -0.241. The van der Waals surface area contributed by atoms with Gasteiger partial charge in [-0.05, 0) is 66.9 Å². The zero-order chi connectivity index (χ0) is 21.0. The van der Waals surface area contributed by atoms with Crippen LogP contribution in [-0.2, 0) is 11.2 Å². The van der Waals surface area contributed by atoms with Crippen molar-refractivity contribution in [3.8, 4) is 0 Å². The Morgan fingerprint density at radius 1 is 0.968 bits per heavy atom. The van der Waals surface area contributed by atoms with Crippen LogP contribution in [0.5, 0.6) is 0 Å². The lowest BCUT2D eigenvalue weighted by Crippen LogP contribution is -2.35. The monoisotopic (exact) mass is 418 g/mol. The van der Waals surface area contributed by atoms with E-state index in [0.717, 1.165) is 63.2 Å². The molecule has 0 saturated carbocycles. The topological polar surface area (TPSA) is 38.5 Å². The van der Waals surface area contributed by atoms with Crippen molar-refractivity contribution in [2.75, 3.05) is 32.8 Å². The summed E-state index contributed by atoms with van der Waals surface area (Å²) in [6, 6.07) is 19.7. The summed E-state index contributed by atoms with van der Waals surface area (Å²) in [6.45, 7) is 4.44. The van der Waals surface area contributed by atoms with Gasteiger partial charge in [-0.25, -0.2) is 4.39 Å². The predicted molar refractivity (Wildman–Crippen MR) is 121 cm³/mol. The molecule has 4 nitrogen and oxygen atoms in total. The van der Waals surface area contributed by atoms with Crippen molar-refractivity contribution in [2.45, 2.75) is 25.2 Å². The molecule has 5 rings (SSSR count). The fourth-order valence-corrected chi connectivity index (χ4v) is 4.53. The number of hydrogen-bond donors (Lipinski definition) is 0. The highest BCUT2D eigenvalue weighted by atomic mass is 19.1. The van der Waals surface area contributed by atoms with E-state index >= 15 is 0 Å². The number of hydrogen-bond acceptors (Lipinski definition) is 4. The van der Waals surface area contributed by atoms with Gasteiger partial charge < -0.3 is 14.2 Å². The molecule has 4 aromatic rings. The minimum Gasteiger partial charge on any atom is -0.380 e. The van der Waals surface area contributed by atoms with E-state index in [4.69, 9.17) is 9.26 Å². The summed E-state index contributed by atoms with van der Waals surface area (Å²) in [5, 5.41) is 7.61. The average Bonchev–Trinajstić information content (AvgIpc) is 3.22. The fraction of sp³-hybridized carbons (Fsp3) is 0.346. The van der Waals surface area contributed by atoms with E-state index in [0.29, 0.717) is 11.5 Å². The van der Waals surface area contributed by atoms with Gasteiger partial charge >= 0.3 is 0 Å². The first-order valence-electron chi connectivity index (χ1n) is 11.1. The summed E-state index contributed by atoms with van der Waals surface area (Å²) >= 11 is 0. The Labute approximate surface area is 181 Å². The van der Waals surface area contributed by atoms with Gasteiger partial charge in [-0.15, -0.1) is 0 Å². The maximum Gasteiger partial charge on any atom is 0.167 e. The minimum absolute atomic E-state index is 0.241. The maximum absolute atomic E-state index is 13.6. The van der Waals surface area contributed by atoms with Crippen LogP contribution in [0.25, 0.3) is 21.7 Å². The summed E-state index contributed by atoms with van der Waals surface area (Å²) in [5.74, 6) is 0.0864. The van der Waals surface area contributed by atoms with Crippen molar-refractivity contribution >= 4 is 21.7 Å². The molecule has 2 heterocycles. The molecule has 1 aliphatic rings.